The number of thiophene rings is 1. The fraction of sp³-hybridized carbons (Fsp3) is 0.286. The highest BCUT2D eigenvalue weighted by Crippen LogP contribution is 2.32. The molecule has 0 saturated carbocycles. The van der Waals surface area contributed by atoms with Gasteiger partial charge in [0.1, 0.15) is 0 Å². The van der Waals surface area contributed by atoms with Gasteiger partial charge in [-0.05, 0) is 42.3 Å². The van der Waals surface area contributed by atoms with Crippen molar-refractivity contribution in [1.29, 1.82) is 0 Å². The lowest BCUT2D eigenvalue weighted by Crippen LogP contribution is -2.22. The highest BCUT2D eigenvalue weighted by atomic mass is 79.9. The van der Waals surface area contributed by atoms with Gasteiger partial charge in [0, 0.05) is 20.0 Å². The van der Waals surface area contributed by atoms with E-state index in [2.05, 4.69) is 52.4 Å². The lowest BCUT2D eigenvalue weighted by Gasteiger charge is -2.16. The Balaban J connectivity index is 2.01. The van der Waals surface area contributed by atoms with Crippen LogP contribution in [0.2, 0.25) is 5.02 Å². The van der Waals surface area contributed by atoms with Gasteiger partial charge in [0.25, 0.3) is 0 Å². The van der Waals surface area contributed by atoms with Gasteiger partial charge in [-0.3, -0.25) is 0 Å². The van der Waals surface area contributed by atoms with E-state index < -0.39 is 0 Å². The largest absolute Gasteiger partial charge is 0.309 e. The van der Waals surface area contributed by atoms with Crippen LogP contribution < -0.4 is 5.32 Å². The van der Waals surface area contributed by atoms with E-state index in [9.17, 15) is 0 Å². The maximum Gasteiger partial charge on any atom is 0.0561 e. The van der Waals surface area contributed by atoms with E-state index in [1.54, 1.807) is 11.3 Å². The Hall–Kier alpha value is -0.0000000000000000555. The van der Waals surface area contributed by atoms with Crippen LogP contribution in [0.25, 0.3) is 0 Å². The van der Waals surface area contributed by atoms with Crippen molar-refractivity contribution in [1.82, 2.24) is 5.32 Å². The van der Waals surface area contributed by atoms with Crippen LogP contribution in [0.4, 0.5) is 0 Å². The molecule has 0 bridgehead atoms. The maximum absolute atomic E-state index is 6.23. The number of benzene rings is 1. The second kappa shape index (κ2) is 7.70. The smallest absolute Gasteiger partial charge is 0.0561 e. The van der Waals surface area contributed by atoms with Crippen molar-refractivity contribution in [2.45, 2.75) is 17.9 Å². The van der Waals surface area contributed by atoms with Gasteiger partial charge in [0.2, 0.25) is 0 Å². The first-order valence-corrected chi connectivity index (χ1v) is 9.09. The summed E-state index contributed by atoms with van der Waals surface area (Å²) in [4.78, 5) is 2.51. The minimum atomic E-state index is 0.311. The quantitative estimate of drug-likeness (QED) is 0.658. The number of halogens is 2. The average molecular weight is 377 g/mol. The lowest BCUT2D eigenvalue weighted by molar-refractivity contribution is 0.615. The van der Waals surface area contributed by atoms with Crippen molar-refractivity contribution in [2.24, 2.45) is 0 Å². The summed E-state index contributed by atoms with van der Waals surface area (Å²) in [7, 11) is 0. The fourth-order valence-corrected chi connectivity index (χ4v) is 4.35. The molecule has 1 heterocycles. The van der Waals surface area contributed by atoms with E-state index in [4.69, 9.17) is 11.6 Å². The van der Waals surface area contributed by atoms with Gasteiger partial charge in [0.05, 0.1) is 11.1 Å². The molecule has 1 aromatic heterocycles. The Morgan fingerprint density at radius 1 is 1.32 bits per heavy atom. The third-order valence-corrected chi connectivity index (χ3v) is 5.75. The van der Waals surface area contributed by atoms with Crippen molar-refractivity contribution >= 4 is 50.6 Å². The molecule has 0 radical (unpaired) electrons. The van der Waals surface area contributed by atoms with Crippen LogP contribution in [-0.4, -0.2) is 12.3 Å². The highest BCUT2D eigenvalue weighted by Gasteiger charge is 2.15. The summed E-state index contributed by atoms with van der Waals surface area (Å²) in [6.07, 6.45) is 0. The molecule has 5 heteroatoms. The minimum absolute atomic E-state index is 0.311. The molecule has 1 atom stereocenters. The molecular formula is C14H15BrClNS2. The molecular weight excluding hydrogens is 362 g/mol. The SMILES string of the molecule is CCNC(CSc1ccc(Br)cc1)c1sccc1Cl. The Bertz CT molecular complexity index is 512. The van der Waals surface area contributed by atoms with Gasteiger partial charge in [-0.15, -0.1) is 23.1 Å². The van der Waals surface area contributed by atoms with Crippen LogP contribution in [0.3, 0.4) is 0 Å². The summed E-state index contributed by atoms with van der Waals surface area (Å²) in [6, 6.07) is 10.7. The topological polar surface area (TPSA) is 12.0 Å². The molecule has 1 unspecified atom stereocenters. The number of nitrogens with one attached hydrogen (secondary N) is 1. The zero-order valence-corrected chi connectivity index (χ0v) is 14.5. The lowest BCUT2D eigenvalue weighted by atomic mass is 10.3. The molecule has 2 aromatic rings. The Morgan fingerprint density at radius 3 is 2.63 bits per heavy atom. The van der Waals surface area contributed by atoms with E-state index >= 15 is 0 Å². The van der Waals surface area contributed by atoms with Crippen molar-refractivity contribution in [3.05, 3.63) is 50.1 Å². The van der Waals surface area contributed by atoms with Gasteiger partial charge in [-0.2, -0.15) is 0 Å². The molecule has 1 nitrogen and oxygen atoms in total. The zero-order chi connectivity index (χ0) is 13.7. The van der Waals surface area contributed by atoms with E-state index in [1.807, 2.05) is 23.2 Å². The van der Waals surface area contributed by atoms with Crippen molar-refractivity contribution < 1.29 is 0 Å². The van der Waals surface area contributed by atoms with Crippen LogP contribution in [0.5, 0.6) is 0 Å². The monoisotopic (exact) mass is 375 g/mol. The Morgan fingerprint density at radius 2 is 2.05 bits per heavy atom. The van der Waals surface area contributed by atoms with Gasteiger partial charge < -0.3 is 5.32 Å². The van der Waals surface area contributed by atoms with Crippen LogP contribution in [0, 0.1) is 0 Å². The van der Waals surface area contributed by atoms with Crippen LogP contribution >= 0.6 is 50.6 Å². The Labute approximate surface area is 135 Å². The molecule has 0 saturated heterocycles. The second-order valence-corrected chi connectivity index (χ2v) is 7.37. The first kappa shape index (κ1) is 15.4. The van der Waals surface area contributed by atoms with E-state index in [0.29, 0.717) is 6.04 Å². The molecule has 0 spiro atoms. The van der Waals surface area contributed by atoms with Gasteiger partial charge >= 0.3 is 0 Å². The summed E-state index contributed by atoms with van der Waals surface area (Å²) in [5.74, 6) is 0.982. The van der Waals surface area contributed by atoms with Crippen LogP contribution in [0.15, 0.2) is 45.1 Å². The first-order valence-electron chi connectivity index (χ1n) is 6.05. The highest BCUT2D eigenvalue weighted by molar-refractivity contribution is 9.10. The van der Waals surface area contributed by atoms with Crippen molar-refractivity contribution in [2.75, 3.05) is 12.3 Å². The number of hydrogen-bond donors (Lipinski definition) is 1. The second-order valence-electron chi connectivity index (χ2n) is 4.01. The number of thioether (sulfide) groups is 1. The zero-order valence-electron chi connectivity index (χ0n) is 10.5. The summed E-state index contributed by atoms with van der Waals surface area (Å²) >= 11 is 13.3. The van der Waals surface area contributed by atoms with Crippen molar-refractivity contribution in [3.8, 4) is 0 Å². The molecule has 0 amide bonds. The van der Waals surface area contributed by atoms with Gasteiger partial charge in [0.15, 0.2) is 0 Å². The van der Waals surface area contributed by atoms with Gasteiger partial charge in [-0.25, -0.2) is 0 Å². The minimum Gasteiger partial charge on any atom is -0.309 e. The number of hydrogen-bond acceptors (Lipinski definition) is 3. The maximum atomic E-state index is 6.23. The van der Waals surface area contributed by atoms with E-state index in [-0.39, 0.29) is 0 Å². The Kier molecular flexibility index (Phi) is 6.23. The predicted octanol–water partition coefficient (Wildman–Crippen LogP) is 5.61. The molecule has 19 heavy (non-hydrogen) atoms. The van der Waals surface area contributed by atoms with Crippen LogP contribution in [0.1, 0.15) is 17.8 Å². The molecule has 0 aliphatic heterocycles. The molecule has 0 aliphatic carbocycles. The summed E-state index contributed by atoms with van der Waals surface area (Å²) < 4.78 is 1.11. The first-order chi connectivity index (χ1) is 9.20. The normalized spacial score (nSPS) is 12.6. The molecule has 0 aliphatic rings. The van der Waals surface area contributed by atoms with Gasteiger partial charge in [-0.1, -0.05) is 34.5 Å². The van der Waals surface area contributed by atoms with E-state index in [1.165, 1.54) is 9.77 Å². The molecule has 2 rings (SSSR count). The molecule has 0 fully saturated rings. The molecule has 1 aromatic carbocycles. The van der Waals surface area contributed by atoms with Crippen molar-refractivity contribution in [3.63, 3.8) is 0 Å². The van der Waals surface area contributed by atoms with Crippen LogP contribution in [-0.2, 0) is 0 Å². The van der Waals surface area contributed by atoms with E-state index in [0.717, 1.165) is 21.8 Å². The summed E-state index contributed by atoms with van der Waals surface area (Å²) in [5.41, 5.74) is 0. The fourth-order valence-electron chi connectivity index (χ4n) is 1.74. The summed E-state index contributed by atoms with van der Waals surface area (Å²) in [6.45, 7) is 3.07. The predicted molar refractivity (Wildman–Crippen MR) is 90.6 cm³/mol. The average Bonchev–Trinajstić information content (AvgIpc) is 2.83. The standard InChI is InChI=1S/C14H15BrClNS2/c1-2-17-13(14-12(16)7-8-18-14)9-19-11-5-3-10(15)4-6-11/h3-8,13,17H,2,9H2,1H3. The third kappa shape index (κ3) is 4.50. The number of rotatable bonds is 6. The summed E-state index contributed by atoms with van der Waals surface area (Å²) in [5, 5.41) is 6.42. The third-order valence-electron chi connectivity index (χ3n) is 2.64. The molecule has 1 N–H and O–H groups in total. The molecule has 102 valence electrons.